The van der Waals surface area contributed by atoms with Gasteiger partial charge >= 0.3 is 127 Å². The average Bonchev–Trinajstić information content (AvgIpc) is 2.26. The van der Waals surface area contributed by atoms with Crippen molar-refractivity contribution < 1.29 is 40.1 Å². The van der Waals surface area contributed by atoms with Gasteiger partial charge in [-0.2, -0.15) is 0 Å². The Morgan fingerprint density at radius 2 is 1.28 bits per heavy atom. The molecule has 1 aromatic rings. The van der Waals surface area contributed by atoms with Crippen molar-refractivity contribution in [1.29, 1.82) is 0 Å². The van der Waals surface area contributed by atoms with Crippen LogP contribution in [0.1, 0.15) is 37.8 Å². The van der Waals surface area contributed by atoms with Crippen LogP contribution in [0.5, 0.6) is 0 Å². The molecule has 8 nitrogen and oxygen atoms in total. The number of rotatable bonds is 4. The molecular formula is C13H31Ca3O8P. The summed E-state index contributed by atoms with van der Waals surface area (Å²) in [6.45, 7) is 6.06. The van der Waals surface area contributed by atoms with Crippen molar-refractivity contribution in [1.82, 2.24) is 0 Å². The molecule has 25 heavy (non-hydrogen) atoms. The third-order valence-corrected chi connectivity index (χ3v) is 2.49. The van der Waals surface area contributed by atoms with Crippen LogP contribution in [0.25, 0.3) is 0 Å². The Bertz CT molecular complexity index is 470. The number of hydrogen-bond donors (Lipinski definition) is 4. The summed E-state index contributed by atoms with van der Waals surface area (Å²) >= 11 is 0. The fourth-order valence-corrected chi connectivity index (χ4v) is 1.56. The summed E-state index contributed by atoms with van der Waals surface area (Å²) in [5.74, 6) is -0.558. The van der Waals surface area contributed by atoms with E-state index in [1.165, 1.54) is 5.56 Å². The van der Waals surface area contributed by atoms with Gasteiger partial charge in [0.25, 0.3) is 0 Å². The molecule has 0 aromatic heterocycles. The van der Waals surface area contributed by atoms with Crippen molar-refractivity contribution in [3.8, 4) is 0 Å². The Kier molecular flexibility index (Phi) is 35.5. The minimum atomic E-state index is -4.64. The zero-order valence-electron chi connectivity index (χ0n) is 12.7. The number of phosphoric acid groups is 1. The van der Waals surface area contributed by atoms with Crippen LogP contribution in [-0.4, -0.2) is 150 Å². The molecule has 1 rings (SSSR count). The van der Waals surface area contributed by atoms with Crippen molar-refractivity contribution in [3.05, 3.63) is 35.4 Å². The number of carboxylic acids is 1. The number of benzene rings is 1. The standard InChI is InChI=1S/C13H18O2.3Ca.H3O4P.2H2O.6H/c1-9(2)8-11-4-6-12(7-5-11)10(3)13(14)15;;;;1-5(2,3)4;;;;;;;;/h4-7,9-10H,8H2,1-3H3,(H,14,15);;;;(H3,1,2,3,4);2*1H2;;;;;;. The summed E-state index contributed by atoms with van der Waals surface area (Å²) in [6.07, 6.45) is 1.04. The van der Waals surface area contributed by atoms with Gasteiger partial charge in [0.05, 0.1) is 5.92 Å². The van der Waals surface area contributed by atoms with Gasteiger partial charge in [-0.05, 0) is 30.4 Å². The molecule has 8 N–H and O–H groups in total. The molecule has 0 aliphatic heterocycles. The number of aliphatic carboxylic acids is 1. The van der Waals surface area contributed by atoms with Crippen molar-refractivity contribution in [2.24, 2.45) is 5.92 Å². The van der Waals surface area contributed by atoms with Crippen LogP contribution in [-0.2, 0) is 15.8 Å². The third kappa shape index (κ3) is 26.5. The van der Waals surface area contributed by atoms with E-state index >= 15 is 0 Å². The van der Waals surface area contributed by atoms with E-state index in [4.69, 9.17) is 24.4 Å². The molecule has 0 radical (unpaired) electrons. The van der Waals surface area contributed by atoms with Crippen LogP contribution in [0, 0.1) is 5.92 Å². The van der Waals surface area contributed by atoms with E-state index in [2.05, 4.69) is 13.8 Å². The third-order valence-electron chi connectivity index (χ3n) is 2.49. The summed E-state index contributed by atoms with van der Waals surface area (Å²) in [6, 6.07) is 7.87. The zero-order valence-corrected chi connectivity index (χ0v) is 13.6. The second-order valence-electron chi connectivity index (χ2n) is 4.91. The van der Waals surface area contributed by atoms with Gasteiger partial charge in [-0.3, -0.25) is 4.79 Å². The number of carbonyl (C=O) groups is 1. The van der Waals surface area contributed by atoms with Crippen LogP contribution in [0.3, 0.4) is 0 Å². The van der Waals surface area contributed by atoms with Crippen molar-refractivity contribution in [3.63, 3.8) is 0 Å². The molecule has 0 saturated heterocycles. The topological polar surface area (TPSA) is 178 Å². The van der Waals surface area contributed by atoms with Gasteiger partial charge < -0.3 is 30.7 Å². The molecule has 1 aromatic carbocycles. The molecule has 0 bridgehead atoms. The molecule has 0 saturated carbocycles. The van der Waals surface area contributed by atoms with E-state index in [0.717, 1.165) is 12.0 Å². The Balaban J connectivity index is -0.0000000807. The van der Waals surface area contributed by atoms with Crippen LogP contribution >= 0.6 is 7.82 Å². The molecule has 0 fully saturated rings. The van der Waals surface area contributed by atoms with E-state index < -0.39 is 19.7 Å². The number of carboxylic acid groups (broad SMARTS) is 1. The van der Waals surface area contributed by atoms with Crippen molar-refractivity contribution in [2.45, 2.75) is 33.1 Å². The Hall–Kier alpha value is 2.50. The van der Waals surface area contributed by atoms with Crippen molar-refractivity contribution >= 4 is 127 Å². The summed E-state index contributed by atoms with van der Waals surface area (Å²) in [5, 5.41) is 8.85. The molecular weight excluding hydrogens is 435 g/mol. The van der Waals surface area contributed by atoms with Crippen LogP contribution < -0.4 is 0 Å². The second-order valence-corrected chi connectivity index (χ2v) is 5.94. The Morgan fingerprint density at radius 1 is 0.960 bits per heavy atom. The van der Waals surface area contributed by atoms with E-state index in [0.29, 0.717) is 5.92 Å². The fourth-order valence-electron chi connectivity index (χ4n) is 1.56. The van der Waals surface area contributed by atoms with Crippen LogP contribution in [0.15, 0.2) is 24.3 Å². The molecule has 0 heterocycles. The molecule has 1 atom stereocenters. The fraction of sp³-hybridized carbons (Fsp3) is 0.462. The van der Waals surface area contributed by atoms with Crippen LogP contribution in [0.4, 0.5) is 0 Å². The zero-order chi connectivity index (χ0) is 15.9. The number of hydrogen-bond acceptors (Lipinski definition) is 2. The first-order valence-corrected chi connectivity index (χ1v) is 7.67. The van der Waals surface area contributed by atoms with Gasteiger partial charge in [-0.25, -0.2) is 4.57 Å². The van der Waals surface area contributed by atoms with Crippen molar-refractivity contribution in [2.75, 3.05) is 0 Å². The molecule has 12 heteroatoms. The van der Waals surface area contributed by atoms with Gasteiger partial charge in [0.15, 0.2) is 0 Å². The maximum absolute atomic E-state index is 10.8. The summed E-state index contributed by atoms with van der Waals surface area (Å²) in [5.41, 5.74) is 2.14. The van der Waals surface area contributed by atoms with E-state index in [9.17, 15) is 4.79 Å². The summed E-state index contributed by atoms with van der Waals surface area (Å²) in [7, 11) is -4.64. The molecule has 0 amide bonds. The summed E-state index contributed by atoms with van der Waals surface area (Å²) < 4.78 is 8.88. The van der Waals surface area contributed by atoms with Gasteiger partial charge in [0.1, 0.15) is 0 Å². The average molecular weight is 467 g/mol. The SMILES string of the molecule is CC(C)Cc1ccc(C(C)C(=O)O)cc1.O.O.O=P(O)(O)O.[CaH2].[CaH2].[CaH2]. The molecule has 0 aliphatic rings. The molecule has 142 valence electrons. The monoisotopic (exact) mass is 466 g/mol. The predicted octanol–water partition coefficient (Wildman–Crippen LogP) is -2.25. The second kappa shape index (κ2) is 21.2. The van der Waals surface area contributed by atoms with E-state index in [1.54, 1.807) is 6.92 Å². The van der Waals surface area contributed by atoms with Gasteiger partial charge in [0.2, 0.25) is 0 Å². The predicted molar refractivity (Wildman–Crippen MR) is 108 cm³/mol. The van der Waals surface area contributed by atoms with E-state index in [-0.39, 0.29) is 124 Å². The first kappa shape index (κ1) is 41.8. The first-order valence-electron chi connectivity index (χ1n) is 6.10. The first-order chi connectivity index (χ1) is 9.00. The van der Waals surface area contributed by atoms with Crippen LogP contribution in [0.2, 0.25) is 0 Å². The molecule has 0 spiro atoms. The molecule has 1 unspecified atom stereocenters. The Labute approximate surface area is 237 Å². The van der Waals surface area contributed by atoms with Gasteiger partial charge in [-0.15, -0.1) is 0 Å². The van der Waals surface area contributed by atoms with Gasteiger partial charge in [-0.1, -0.05) is 38.1 Å². The molecule has 0 aliphatic carbocycles. The quantitative estimate of drug-likeness (QED) is 0.287. The maximum atomic E-state index is 10.8. The van der Waals surface area contributed by atoms with Gasteiger partial charge in [0, 0.05) is 0 Å². The van der Waals surface area contributed by atoms with E-state index in [1.807, 2.05) is 24.3 Å². The Morgan fingerprint density at radius 3 is 1.52 bits per heavy atom. The summed E-state index contributed by atoms with van der Waals surface area (Å²) in [4.78, 5) is 32.3. The minimum absolute atomic E-state index is 0. The normalized spacial score (nSPS) is 10.0.